The van der Waals surface area contributed by atoms with Gasteiger partial charge in [-0.05, 0) is 25.5 Å². The minimum absolute atomic E-state index is 0.0397. The van der Waals surface area contributed by atoms with Crippen LogP contribution in [0.2, 0.25) is 0 Å². The molecular weight excluding hydrogens is 246 g/mol. The maximum absolute atomic E-state index is 12.2. The Morgan fingerprint density at radius 1 is 1.32 bits per heavy atom. The van der Waals surface area contributed by atoms with Gasteiger partial charge in [0.1, 0.15) is 6.10 Å². The van der Waals surface area contributed by atoms with Crippen molar-refractivity contribution in [1.82, 2.24) is 0 Å². The van der Waals surface area contributed by atoms with E-state index in [0.29, 0.717) is 13.0 Å². The molecule has 0 bridgehead atoms. The molecule has 0 aliphatic heterocycles. The lowest BCUT2D eigenvalue weighted by Crippen LogP contribution is -2.39. The summed E-state index contributed by atoms with van der Waals surface area (Å²) in [5, 5.41) is 8.66. The van der Waals surface area contributed by atoms with E-state index in [2.05, 4.69) is 0 Å². The molecule has 0 aliphatic rings. The van der Waals surface area contributed by atoms with Crippen molar-refractivity contribution in [2.45, 2.75) is 25.9 Å². The molecule has 1 amide bonds. The van der Waals surface area contributed by atoms with Crippen LogP contribution in [0.1, 0.15) is 19.8 Å². The minimum atomic E-state index is -0.861. The number of benzene rings is 1. The molecule has 0 fully saturated rings. The minimum Gasteiger partial charge on any atom is -0.481 e. The van der Waals surface area contributed by atoms with Crippen LogP contribution < -0.4 is 4.90 Å². The fourth-order valence-corrected chi connectivity index (χ4v) is 1.68. The van der Waals surface area contributed by atoms with Gasteiger partial charge < -0.3 is 14.7 Å². The van der Waals surface area contributed by atoms with Crippen molar-refractivity contribution in [3.8, 4) is 0 Å². The van der Waals surface area contributed by atoms with Crippen LogP contribution >= 0.6 is 0 Å². The second-order valence-electron chi connectivity index (χ2n) is 4.20. The van der Waals surface area contributed by atoms with Gasteiger partial charge in [-0.25, -0.2) is 0 Å². The molecule has 104 valence electrons. The van der Waals surface area contributed by atoms with Crippen LogP contribution in [0.3, 0.4) is 0 Å². The smallest absolute Gasteiger partial charge is 0.303 e. The van der Waals surface area contributed by atoms with Crippen molar-refractivity contribution < 1.29 is 19.4 Å². The van der Waals surface area contributed by atoms with Crippen LogP contribution in [0, 0.1) is 0 Å². The van der Waals surface area contributed by atoms with Crippen molar-refractivity contribution >= 4 is 17.6 Å². The number of ether oxygens (including phenoxy) is 1. The summed E-state index contributed by atoms with van der Waals surface area (Å²) in [6.07, 6.45) is -0.102. The highest BCUT2D eigenvalue weighted by molar-refractivity contribution is 5.96. The number of carboxylic acids is 1. The molecule has 5 heteroatoms. The molecule has 1 aromatic carbocycles. The SMILES string of the molecule is COC(C)C(=O)N(CCCC(=O)O)c1ccccc1. The Labute approximate surface area is 112 Å². The van der Waals surface area contributed by atoms with E-state index in [4.69, 9.17) is 9.84 Å². The van der Waals surface area contributed by atoms with Crippen LogP contribution in [-0.2, 0) is 14.3 Å². The van der Waals surface area contributed by atoms with Gasteiger partial charge in [0.15, 0.2) is 0 Å². The number of methoxy groups -OCH3 is 1. The quantitative estimate of drug-likeness (QED) is 0.818. The van der Waals surface area contributed by atoms with E-state index in [1.54, 1.807) is 11.8 Å². The van der Waals surface area contributed by atoms with Gasteiger partial charge in [0.2, 0.25) is 0 Å². The number of para-hydroxylation sites is 1. The summed E-state index contributed by atoms with van der Waals surface area (Å²) in [4.78, 5) is 24.3. The first-order valence-corrected chi connectivity index (χ1v) is 6.17. The lowest BCUT2D eigenvalue weighted by Gasteiger charge is -2.25. The molecule has 1 rings (SSSR count). The number of rotatable bonds is 7. The Hall–Kier alpha value is -1.88. The summed E-state index contributed by atoms with van der Waals surface area (Å²) in [5.74, 6) is -1.03. The maximum atomic E-state index is 12.2. The molecule has 0 saturated heterocycles. The zero-order valence-electron chi connectivity index (χ0n) is 11.2. The normalized spacial score (nSPS) is 11.9. The Morgan fingerprint density at radius 3 is 2.47 bits per heavy atom. The fourth-order valence-electron chi connectivity index (χ4n) is 1.68. The molecule has 0 saturated carbocycles. The highest BCUT2D eigenvalue weighted by Crippen LogP contribution is 2.16. The van der Waals surface area contributed by atoms with Gasteiger partial charge in [0.25, 0.3) is 5.91 Å². The second-order valence-corrected chi connectivity index (χ2v) is 4.20. The summed E-state index contributed by atoms with van der Waals surface area (Å²) >= 11 is 0. The lowest BCUT2D eigenvalue weighted by atomic mass is 10.2. The van der Waals surface area contributed by atoms with Crippen LogP contribution in [0.25, 0.3) is 0 Å². The van der Waals surface area contributed by atoms with Crippen molar-refractivity contribution in [3.63, 3.8) is 0 Å². The molecule has 19 heavy (non-hydrogen) atoms. The van der Waals surface area contributed by atoms with E-state index >= 15 is 0 Å². The Balaban J connectivity index is 2.79. The first-order valence-electron chi connectivity index (χ1n) is 6.17. The van der Waals surface area contributed by atoms with Gasteiger partial charge in [0.05, 0.1) is 0 Å². The van der Waals surface area contributed by atoms with Gasteiger partial charge in [0, 0.05) is 25.8 Å². The van der Waals surface area contributed by atoms with Crippen molar-refractivity contribution in [2.24, 2.45) is 0 Å². The zero-order chi connectivity index (χ0) is 14.3. The Morgan fingerprint density at radius 2 is 1.95 bits per heavy atom. The Kier molecular flexibility index (Phi) is 6.02. The van der Waals surface area contributed by atoms with Crippen molar-refractivity contribution in [2.75, 3.05) is 18.6 Å². The summed E-state index contributed by atoms with van der Waals surface area (Å²) in [5.41, 5.74) is 0.752. The van der Waals surface area contributed by atoms with Crippen molar-refractivity contribution in [1.29, 1.82) is 0 Å². The third-order valence-corrected chi connectivity index (χ3v) is 2.81. The molecular formula is C14H19NO4. The monoisotopic (exact) mass is 265 g/mol. The molecule has 0 radical (unpaired) electrons. The number of nitrogens with zero attached hydrogens (tertiary/aromatic N) is 1. The summed E-state index contributed by atoms with van der Waals surface area (Å²) in [6.45, 7) is 2.04. The fraction of sp³-hybridized carbons (Fsp3) is 0.429. The molecule has 0 heterocycles. The average molecular weight is 265 g/mol. The average Bonchev–Trinajstić information content (AvgIpc) is 2.42. The molecule has 0 aliphatic carbocycles. The standard InChI is InChI=1S/C14H19NO4/c1-11(19-2)14(18)15(10-6-9-13(16)17)12-7-4-3-5-8-12/h3-5,7-8,11H,6,9-10H2,1-2H3,(H,16,17). The van der Waals surface area contributed by atoms with Crippen LogP contribution in [0.4, 0.5) is 5.69 Å². The van der Waals surface area contributed by atoms with Crippen molar-refractivity contribution in [3.05, 3.63) is 30.3 Å². The highest BCUT2D eigenvalue weighted by Gasteiger charge is 2.21. The first kappa shape index (κ1) is 15.2. The van der Waals surface area contributed by atoms with Gasteiger partial charge in [-0.3, -0.25) is 9.59 Å². The first-order chi connectivity index (χ1) is 9.06. The molecule has 1 unspecified atom stereocenters. The summed E-state index contributed by atoms with van der Waals surface area (Å²) < 4.78 is 5.03. The van der Waals surface area contributed by atoms with Gasteiger partial charge in [-0.1, -0.05) is 18.2 Å². The highest BCUT2D eigenvalue weighted by atomic mass is 16.5. The number of carbonyl (C=O) groups excluding carboxylic acids is 1. The van der Waals surface area contributed by atoms with Gasteiger partial charge in [-0.2, -0.15) is 0 Å². The summed E-state index contributed by atoms with van der Waals surface area (Å²) in [7, 11) is 1.48. The van der Waals surface area contributed by atoms with E-state index in [1.165, 1.54) is 7.11 Å². The van der Waals surface area contributed by atoms with Crippen LogP contribution in [0.15, 0.2) is 30.3 Å². The largest absolute Gasteiger partial charge is 0.481 e. The number of aliphatic carboxylic acids is 1. The number of carboxylic acid groups (broad SMARTS) is 1. The molecule has 1 atom stereocenters. The predicted molar refractivity (Wildman–Crippen MR) is 72.1 cm³/mol. The number of hydrogen-bond acceptors (Lipinski definition) is 3. The van der Waals surface area contributed by atoms with Crippen LogP contribution in [-0.4, -0.2) is 36.7 Å². The number of anilines is 1. The van der Waals surface area contributed by atoms with E-state index in [1.807, 2.05) is 30.3 Å². The third kappa shape index (κ3) is 4.71. The summed E-state index contributed by atoms with van der Waals surface area (Å²) in [6, 6.07) is 9.18. The molecule has 5 nitrogen and oxygen atoms in total. The number of carbonyl (C=O) groups is 2. The third-order valence-electron chi connectivity index (χ3n) is 2.81. The molecule has 1 N–H and O–H groups in total. The number of amides is 1. The van der Waals surface area contributed by atoms with Gasteiger partial charge >= 0.3 is 5.97 Å². The topological polar surface area (TPSA) is 66.8 Å². The van der Waals surface area contributed by atoms with Gasteiger partial charge in [-0.15, -0.1) is 0 Å². The second kappa shape index (κ2) is 7.53. The maximum Gasteiger partial charge on any atom is 0.303 e. The molecule has 1 aromatic rings. The van der Waals surface area contributed by atoms with E-state index in [-0.39, 0.29) is 12.3 Å². The van der Waals surface area contributed by atoms with Crippen LogP contribution in [0.5, 0.6) is 0 Å². The lowest BCUT2D eigenvalue weighted by molar-refractivity contribution is -0.137. The van der Waals surface area contributed by atoms with E-state index < -0.39 is 12.1 Å². The van der Waals surface area contributed by atoms with E-state index in [9.17, 15) is 9.59 Å². The Bertz CT molecular complexity index is 419. The molecule has 0 aromatic heterocycles. The van der Waals surface area contributed by atoms with E-state index in [0.717, 1.165) is 5.69 Å². The zero-order valence-corrected chi connectivity index (χ0v) is 11.2. The predicted octanol–water partition coefficient (Wildman–Crippen LogP) is 1.92. The molecule has 0 spiro atoms. The number of hydrogen-bond donors (Lipinski definition) is 1.